The number of amides is 1. The van der Waals surface area contributed by atoms with E-state index >= 15 is 0 Å². The van der Waals surface area contributed by atoms with E-state index in [0.29, 0.717) is 36.2 Å². The number of fused-ring (bicyclic) bond motifs is 1. The molecule has 2 aromatic rings. The fraction of sp³-hybridized carbons (Fsp3) is 0.412. The van der Waals surface area contributed by atoms with Crippen LogP contribution in [0.1, 0.15) is 23.9 Å². The van der Waals surface area contributed by atoms with Crippen molar-refractivity contribution in [2.24, 2.45) is 0 Å². The predicted molar refractivity (Wildman–Crippen MR) is 92.8 cm³/mol. The molecule has 1 aromatic heterocycles. The normalized spacial score (nSPS) is 14.3. The smallest absolute Gasteiger partial charge is 0.237 e. The molecule has 0 radical (unpaired) electrons. The third kappa shape index (κ3) is 3.67. The molecule has 1 aliphatic rings. The van der Waals surface area contributed by atoms with E-state index < -0.39 is 0 Å². The number of benzene rings is 1. The number of hydrogen-bond acceptors (Lipinski definition) is 6. The number of nitrogens with one attached hydrogen (secondary N) is 1. The maximum Gasteiger partial charge on any atom is 0.237 e. The minimum Gasteiger partial charge on any atom is -0.486 e. The molecule has 0 spiro atoms. The van der Waals surface area contributed by atoms with Crippen molar-refractivity contribution in [3.63, 3.8) is 0 Å². The molecule has 2 heterocycles. The Balaban J connectivity index is 1.58. The Morgan fingerprint density at radius 1 is 1.29 bits per heavy atom. The zero-order valence-electron chi connectivity index (χ0n) is 13.9. The summed E-state index contributed by atoms with van der Waals surface area (Å²) in [7, 11) is 0. The molecular formula is C17H20N2O4S. The predicted octanol–water partition coefficient (Wildman–Crippen LogP) is 3.32. The first-order chi connectivity index (χ1) is 11.5. The van der Waals surface area contributed by atoms with Crippen LogP contribution in [0.3, 0.4) is 0 Å². The van der Waals surface area contributed by atoms with Crippen LogP contribution in [-0.4, -0.2) is 29.5 Å². The molecule has 1 unspecified atom stereocenters. The van der Waals surface area contributed by atoms with Crippen LogP contribution in [0.4, 0.5) is 5.69 Å². The number of rotatable bonds is 5. The number of carbonyl (C=O) groups is 1. The van der Waals surface area contributed by atoms with Crippen LogP contribution in [0.25, 0.3) is 0 Å². The van der Waals surface area contributed by atoms with Crippen molar-refractivity contribution in [1.82, 2.24) is 5.16 Å². The van der Waals surface area contributed by atoms with Gasteiger partial charge in [0.05, 0.1) is 10.9 Å². The second-order valence-electron chi connectivity index (χ2n) is 5.60. The van der Waals surface area contributed by atoms with Crippen LogP contribution in [0.2, 0.25) is 0 Å². The first-order valence-electron chi connectivity index (χ1n) is 7.78. The quantitative estimate of drug-likeness (QED) is 0.893. The Labute approximate surface area is 144 Å². The molecule has 0 saturated carbocycles. The summed E-state index contributed by atoms with van der Waals surface area (Å²) in [4.78, 5) is 12.4. The molecular weight excluding hydrogens is 328 g/mol. The highest BCUT2D eigenvalue weighted by atomic mass is 32.2. The van der Waals surface area contributed by atoms with E-state index in [1.54, 1.807) is 17.8 Å². The average Bonchev–Trinajstić information content (AvgIpc) is 2.90. The molecule has 0 bridgehead atoms. The fourth-order valence-electron chi connectivity index (χ4n) is 2.36. The van der Waals surface area contributed by atoms with Gasteiger partial charge in [-0.3, -0.25) is 4.79 Å². The van der Waals surface area contributed by atoms with Crippen molar-refractivity contribution in [1.29, 1.82) is 0 Å². The molecule has 1 atom stereocenters. The van der Waals surface area contributed by atoms with Crippen LogP contribution in [0.5, 0.6) is 11.5 Å². The van der Waals surface area contributed by atoms with Crippen molar-refractivity contribution in [2.75, 3.05) is 18.5 Å². The fourth-order valence-corrected chi connectivity index (χ4v) is 3.40. The number of ether oxygens (including phenoxy) is 2. The average molecular weight is 348 g/mol. The lowest BCUT2D eigenvalue weighted by Gasteiger charge is -2.19. The van der Waals surface area contributed by atoms with E-state index in [9.17, 15) is 4.79 Å². The molecule has 1 aliphatic heterocycles. The second kappa shape index (κ2) is 7.17. The summed E-state index contributed by atoms with van der Waals surface area (Å²) in [5.41, 5.74) is 2.63. The molecule has 1 amide bonds. The largest absolute Gasteiger partial charge is 0.486 e. The highest BCUT2D eigenvalue weighted by molar-refractivity contribution is 7.99. The zero-order valence-corrected chi connectivity index (χ0v) is 14.7. The van der Waals surface area contributed by atoms with Gasteiger partial charge in [0, 0.05) is 23.1 Å². The Morgan fingerprint density at radius 3 is 2.75 bits per heavy atom. The number of thioether (sulfide) groups is 1. The van der Waals surface area contributed by atoms with Gasteiger partial charge in [0.15, 0.2) is 11.5 Å². The van der Waals surface area contributed by atoms with Crippen molar-refractivity contribution in [3.05, 3.63) is 35.2 Å². The van der Waals surface area contributed by atoms with Crippen molar-refractivity contribution >= 4 is 23.4 Å². The van der Waals surface area contributed by atoms with E-state index in [-0.39, 0.29) is 11.2 Å². The summed E-state index contributed by atoms with van der Waals surface area (Å²) in [6.07, 6.45) is 0. The van der Waals surface area contributed by atoms with Crippen LogP contribution in [-0.2, 0) is 10.5 Å². The molecule has 7 heteroatoms. The number of nitrogens with zero attached hydrogens (tertiary/aromatic N) is 1. The van der Waals surface area contributed by atoms with Gasteiger partial charge in [-0.05, 0) is 32.9 Å². The first kappa shape index (κ1) is 16.7. The van der Waals surface area contributed by atoms with Crippen LogP contribution >= 0.6 is 11.8 Å². The van der Waals surface area contributed by atoms with Crippen LogP contribution < -0.4 is 14.8 Å². The van der Waals surface area contributed by atoms with E-state index in [1.165, 1.54) is 0 Å². The lowest BCUT2D eigenvalue weighted by Crippen LogP contribution is -2.23. The molecule has 128 valence electrons. The van der Waals surface area contributed by atoms with E-state index in [2.05, 4.69) is 10.5 Å². The minimum atomic E-state index is -0.202. The highest BCUT2D eigenvalue weighted by Gasteiger charge is 2.18. The van der Waals surface area contributed by atoms with Gasteiger partial charge in [-0.1, -0.05) is 5.16 Å². The van der Waals surface area contributed by atoms with Gasteiger partial charge in [0.25, 0.3) is 0 Å². The molecule has 0 fully saturated rings. The molecule has 3 rings (SSSR count). The van der Waals surface area contributed by atoms with E-state index in [4.69, 9.17) is 14.0 Å². The summed E-state index contributed by atoms with van der Waals surface area (Å²) >= 11 is 1.55. The Morgan fingerprint density at radius 2 is 2.04 bits per heavy atom. The molecule has 0 aliphatic carbocycles. The minimum absolute atomic E-state index is 0.0524. The van der Waals surface area contributed by atoms with Crippen molar-refractivity contribution in [2.45, 2.75) is 31.8 Å². The summed E-state index contributed by atoms with van der Waals surface area (Å²) in [5, 5.41) is 6.65. The zero-order chi connectivity index (χ0) is 17.1. The Kier molecular flexibility index (Phi) is 4.99. The van der Waals surface area contributed by atoms with Gasteiger partial charge in [-0.2, -0.15) is 0 Å². The second-order valence-corrected chi connectivity index (χ2v) is 6.93. The number of aryl methyl sites for hydroxylation is 2. The SMILES string of the molecule is Cc1noc(C)c1CSC(C)C(=O)Nc1ccc2c(c1)OCCO2. The Hall–Kier alpha value is -2.15. The summed E-state index contributed by atoms with van der Waals surface area (Å²) < 4.78 is 16.2. The van der Waals surface area contributed by atoms with E-state index in [1.807, 2.05) is 32.9 Å². The van der Waals surface area contributed by atoms with E-state index in [0.717, 1.165) is 17.0 Å². The topological polar surface area (TPSA) is 73.6 Å². The highest BCUT2D eigenvalue weighted by Crippen LogP contribution is 2.33. The van der Waals surface area contributed by atoms with Gasteiger partial charge in [-0.25, -0.2) is 0 Å². The van der Waals surface area contributed by atoms with Crippen molar-refractivity contribution < 1.29 is 18.8 Å². The molecule has 1 N–H and O–H groups in total. The van der Waals surface area contributed by atoms with Gasteiger partial charge in [0.2, 0.25) is 5.91 Å². The third-order valence-corrected chi connectivity index (χ3v) is 5.01. The van der Waals surface area contributed by atoms with Gasteiger partial charge < -0.3 is 19.3 Å². The third-order valence-electron chi connectivity index (χ3n) is 3.84. The molecule has 24 heavy (non-hydrogen) atoms. The lowest BCUT2D eigenvalue weighted by atomic mass is 10.2. The first-order valence-corrected chi connectivity index (χ1v) is 8.83. The molecule has 0 saturated heterocycles. The summed E-state index contributed by atoms with van der Waals surface area (Å²) in [6, 6.07) is 5.42. The lowest BCUT2D eigenvalue weighted by molar-refractivity contribution is -0.115. The van der Waals surface area contributed by atoms with Gasteiger partial charge in [-0.15, -0.1) is 11.8 Å². The number of anilines is 1. The maximum atomic E-state index is 12.4. The molecule has 1 aromatic carbocycles. The van der Waals surface area contributed by atoms with Crippen molar-refractivity contribution in [3.8, 4) is 11.5 Å². The number of hydrogen-bond donors (Lipinski definition) is 1. The van der Waals surface area contributed by atoms with Gasteiger partial charge in [0.1, 0.15) is 19.0 Å². The molecule has 6 nitrogen and oxygen atoms in total. The summed E-state index contributed by atoms with van der Waals surface area (Å²) in [6.45, 7) is 6.75. The number of carbonyl (C=O) groups excluding carboxylic acids is 1. The van der Waals surface area contributed by atoms with Gasteiger partial charge >= 0.3 is 0 Å². The Bertz CT molecular complexity index is 725. The maximum absolute atomic E-state index is 12.4. The van der Waals surface area contributed by atoms with Crippen LogP contribution in [0.15, 0.2) is 22.7 Å². The standard InChI is InChI=1S/C17H20N2O4S/c1-10-14(11(2)23-19-10)9-24-12(3)17(20)18-13-4-5-15-16(8-13)22-7-6-21-15/h4-5,8,12H,6-7,9H2,1-3H3,(H,18,20). The summed E-state index contributed by atoms with van der Waals surface area (Å²) in [5.74, 6) is 2.81. The van der Waals surface area contributed by atoms with Crippen LogP contribution in [0, 0.1) is 13.8 Å². The monoisotopic (exact) mass is 348 g/mol. The number of aromatic nitrogens is 1.